The minimum Gasteiger partial charge on any atom is -0.336 e. The molecule has 202 valence electrons. The van der Waals surface area contributed by atoms with Crippen molar-refractivity contribution in [2.24, 2.45) is 0 Å². The molecular weight excluding hydrogens is 499 g/mol. The summed E-state index contributed by atoms with van der Waals surface area (Å²) in [7, 11) is 5.24. The Hall–Kier alpha value is -3.86. The molecule has 4 amide bonds. The number of rotatable bonds is 8. The minimum absolute atomic E-state index is 0.0412. The summed E-state index contributed by atoms with van der Waals surface area (Å²) in [6.07, 6.45) is -4.67. The number of carbonyl (C=O) groups is 3. The van der Waals surface area contributed by atoms with Gasteiger partial charge in [0, 0.05) is 26.7 Å². The third-order valence-corrected chi connectivity index (χ3v) is 6.72. The van der Waals surface area contributed by atoms with Crippen LogP contribution < -0.4 is 5.32 Å². The van der Waals surface area contributed by atoms with Crippen molar-refractivity contribution in [2.75, 3.05) is 47.3 Å². The topological polar surface area (TPSA) is 76.2 Å². The van der Waals surface area contributed by atoms with Crippen LogP contribution in [0, 0.1) is 0 Å². The summed E-state index contributed by atoms with van der Waals surface area (Å²) in [6.45, 7) is 1.07. The molecule has 2 aromatic carbocycles. The average molecular weight is 530 g/mol. The summed E-state index contributed by atoms with van der Waals surface area (Å²) in [6, 6.07) is 12.4. The maximum atomic E-state index is 13.8. The largest absolute Gasteiger partial charge is 0.416 e. The van der Waals surface area contributed by atoms with Gasteiger partial charge in [0.1, 0.15) is 6.54 Å². The lowest BCUT2D eigenvalue weighted by molar-refractivity contribution is -0.138. The van der Waals surface area contributed by atoms with E-state index in [0.717, 1.165) is 11.6 Å². The van der Waals surface area contributed by atoms with Crippen LogP contribution in [0.4, 0.5) is 18.0 Å². The van der Waals surface area contributed by atoms with E-state index in [2.05, 4.69) is 5.32 Å². The Bertz CT molecular complexity index is 1250. The minimum atomic E-state index is -4.67. The molecule has 0 spiro atoms. The molecular formula is C27H30F3N5O3. The Morgan fingerprint density at radius 2 is 1.68 bits per heavy atom. The number of carbonyl (C=O) groups excluding carboxylic acids is 3. The summed E-state index contributed by atoms with van der Waals surface area (Å²) in [4.78, 5) is 45.7. The molecule has 0 saturated carbocycles. The number of amides is 4. The lowest BCUT2D eigenvalue weighted by atomic mass is 9.92. The predicted octanol–water partition coefficient (Wildman–Crippen LogP) is 3.09. The zero-order valence-corrected chi connectivity index (χ0v) is 21.5. The molecule has 8 nitrogen and oxygen atoms in total. The van der Waals surface area contributed by atoms with E-state index in [-0.39, 0.29) is 35.8 Å². The van der Waals surface area contributed by atoms with Gasteiger partial charge in [-0.1, -0.05) is 48.5 Å². The average Bonchev–Trinajstić information content (AvgIpc) is 3.20. The highest BCUT2D eigenvalue weighted by Gasteiger charge is 2.46. The first-order valence-electron chi connectivity index (χ1n) is 12.2. The second-order valence-corrected chi connectivity index (χ2v) is 9.65. The van der Waals surface area contributed by atoms with E-state index < -0.39 is 29.7 Å². The Morgan fingerprint density at radius 1 is 1.03 bits per heavy atom. The number of halogens is 3. The Kier molecular flexibility index (Phi) is 7.77. The summed E-state index contributed by atoms with van der Waals surface area (Å²) in [5.74, 6) is -0.868. The van der Waals surface area contributed by atoms with Crippen LogP contribution in [-0.4, -0.2) is 84.8 Å². The molecule has 1 atom stereocenters. The van der Waals surface area contributed by atoms with Gasteiger partial charge in [-0.25, -0.2) is 4.79 Å². The van der Waals surface area contributed by atoms with E-state index in [0.29, 0.717) is 19.6 Å². The molecule has 4 rings (SSSR count). The van der Waals surface area contributed by atoms with Crippen molar-refractivity contribution < 1.29 is 27.6 Å². The van der Waals surface area contributed by atoms with Gasteiger partial charge in [0.25, 0.3) is 5.91 Å². The third kappa shape index (κ3) is 5.67. The number of benzene rings is 2. The highest BCUT2D eigenvalue weighted by molar-refractivity contribution is 6.03. The molecule has 0 saturated heterocycles. The normalized spacial score (nSPS) is 17.7. The number of nitrogens with one attached hydrogen (secondary N) is 1. The highest BCUT2D eigenvalue weighted by atomic mass is 19.4. The zero-order chi connectivity index (χ0) is 27.6. The van der Waals surface area contributed by atoms with Crippen LogP contribution in [0.1, 0.15) is 22.7 Å². The molecule has 11 heteroatoms. The predicted molar refractivity (Wildman–Crippen MR) is 134 cm³/mol. The molecule has 1 N–H and O–H groups in total. The standard InChI is InChI=1S/C27H30F3N5O3/c1-32(2)13-14-34(15-18-9-5-4-6-10-18)22(36)17-35-16-21-23(25(35)37)24(31-26(38)33(21)3)19-11-7-8-12-20(19)27(28,29)30/h4-12,24H,13-17H2,1-3H3,(H,31,38)/t24-/m0/s1. The maximum absolute atomic E-state index is 13.8. The van der Waals surface area contributed by atoms with Gasteiger partial charge in [0.05, 0.1) is 29.4 Å². The monoisotopic (exact) mass is 529 g/mol. The number of likely N-dealkylation sites (N-methyl/N-ethyl adjacent to an activating group) is 2. The SMILES string of the molecule is CN(C)CCN(Cc1ccccc1)C(=O)CN1CC2=C(C1=O)[C@H](c1ccccc1C(F)(F)F)NC(=O)N2C. The van der Waals surface area contributed by atoms with Crippen molar-refractivity contribution in [1.82, 2.24) is 24.9 Å². The second-order valence-electron chi connectivity index (χ2n) is 9.65. The smallest absolute Gasteiger partial charge is 0.336 e. The van der Waals surface area contributed by atoms with Gasteiger partial charge in [-0.05, 0) is 31.3 Å². The summed E-state index contributed by atoms with van der Waals surface area (Å²) in [5.41, 5.74) is 0.118. The Morgan fingerprint density at radius 3 is 2.34 bits per heavy atom. The fourth-order valence-corrected chi connectivity index (χ4v) is 4.67. The van der Waals surface area contributed by atoms with E-state index in [1.165, 1.54) is 35.0 Å². The van der Waals surface area contributed by atoms with Crippen LogP contribution in [0.5, 0.6) is 0 Å². The van der Waals surface area contributed by atoms with Crippen molar-refractivity contribution in [1.29, 1.82) is 0 Å². The molecule has 0 aromatic heterocycles. The molecule has 0 fully saturated rings. The van der Waals surface area contributed by atoms with Gasteiger partial charge < -0.3 is 20.0 Å². The molecule has 0 aliphatic carbocycles. The van der Waals surface area contributed by atoms with Gasteiger partial charge in [-0.15, -0.1) is 0 Å². The van der Waals surface area contributed by atoms with E-state index in [1.54, 1.807) is 4.90 Å². The Labute approximate surface area is 219 Å². The van der Waals surface area contributed by atoms with Gasteiger partial charge in [-0.2, -0.15) is 13.2 Å². The Balaban J connectivity index is 1.59. The number of hydrogen-bond donors (Lipinski definition) is 1. The maximum Gasteiger partial charge on any atom is 0.416 e. The number of hydrogen-bond acceptors (Lipinski definition) is 4. The number of nitrogens with zero attached hydrogens (tertiary/aromatic N) is 4. The molecule has 0 radical (unpaired) electrons. The van der Waals surface area contributed by atoms with Crippen LogP contribution in [0.15, 0.2) is 65.9 Å². The van der Waals surface area contributed by atoms with E-state index in [9.17, 15) is 27.6 Å². The van der Waals surface area contributed by atoms with Crippen molar-refractivity contribution >= 4 is 17.8 Å². The van der Waals surface area contributed by atoms with Crippen LogP contribution in [0.25, 0.3) is 0 Å². The van der Waals surface area contributed by atoms with E-state index >= 15 is 0 Å². The van der Waals surface area contributed by atoms with Gasteiger partial charge in [0.15, 0.2) is 0 Å². The van der Waals surface area contributed by atoms with Crippen molar-refractivity contribution in [2.45, 2.75) is 18.8 Å². The summed E-state index contributed by atoms with van der Waals surface area (Å²) in [5, 5.41) is 2.54. The van der Waals surface area contributed by atoms with E-state index in [4.69, 9.17) is 0 Å². The second kappa shape index (κ2) is 10.9. The van der Waals surface area contributed by atoms with Crippen molar-refractivity contribution in [3.05, 3.63) is 82.6 Å². The number of alkyl halides is 3. The highest BCUT2D eigenvalue weighted by Crippen LogP contribution is 2.41. The molecule has 0 unspecified atom stereocenters. The van der Waals surface area contributed by atoms with Crippen LogP contribution >= 0.6 is 0 Å². The van der Waals surface area contributed by atoms with E-state index in [1.807, 2.05) is 49.3 Å². The van der Waals surface area contributed by atoms with Crippen molar-refractivity contribution in [3.8, 4) is 0 Å². The fourth-order valence-electron chi connectivity index (χ4n) is 4.67. The summed E-state index contributed by atoms with van der Waals surface area (Å²) < 4.78 is 41.3. The van der Waals surface area contributed by atoms with Crippen LogP contribution in [0.3, 0.4) is 0 Å². The molecule has 2 aliphatic rings. The zero-order valence-electron chi connectivity index (χ0n) is 21.5. The first kappa shape index (κ1) is 27.2. The quantitative estimate of drug-likeness (QED) is 0.571. The molecule has 2 aromatic rings. The molecule has 2 aliphatic heterocycles. The van der Waals surface area contributed by atoms with Gasteiger partial charge in [0.2, 0.25) is 5.91 Å². The summed E-state index contributed by atoms with van der Waals surface area (Å²) >= 11 is 0. The first-order chi connectivity index (χ1) is 18.0. The van der Waals surface area contributed by atoms with Gasteiger partial charge >= 0.3 is 12.2 Å². The van der Waals surface area contributed by atoms with Crippen LogP contribution in [-0.2, 0) is 22.3 Å². The molecule has 38 heavy (non-hydrogen) atoms. The first-order valence-corrected chi connectivity index (χ1v) is 12.2. The van der Waals surface area contributed by atoms with Crippen molar-refractivity contribution in [3.63, 3.8) is 0 Å². The van der Waals surface area contributed by atoms with Crippen LogP contribution in [0.2, 0.25) is 0 Å². The molecule has 2 heterocycles. The lowest BCUT2D eigenvalue weighted by Crippen LogP contribution is -2.45. The fraction of sp³-hybridized carbons (Fsp3) is 0.370. The number of urea groups is 1. The third-order valence-electron chi connectivity index (χ3n) is 6.72. The molecule has 0 bridgehead atoms. The van der Waals surface area contributed by atoms with Gasteiger partial charge in [-0.3, -0.25) is 14.5 Å². The lowest BCUT2D eigenvalue weighted by Gasteiger charge is -2.32.